The van der Waals surface area contributed by atoms with Crippen LogP contribution >= 0.6 is 0 Å². The molecule has 2 N–H and O–H groups in total. The van der Waals surface area contributed by atoms with Gasteiger partial charge in [-0.2, -0.15) is 4.98 Å². The molecule has 1 aliphatic carbocycles. The first-order valence-electron chi connectivity index (χ1n) is 7.58. The van der Waals surface area contributed by atoms with Crippen molar-refractivity contribution < 1.29 is 0 Å². The Morgan fingerprint density at radius 2 is 1.75 bits per heavy atom. The molecule has 0 saturated heterocycles. The lowest BCUT2D eigenvalue weighted by molar-refractivity contribution is 0.471. The number of aromatic nitrogens is 2. The average molecular weight is 271 g/mol. The molecular weight excluding hydrogens is 250 g/mol. The minimum atomic E-state index is -0.281. The number of hydrogen-bond acceptors (Lipinski definition) is 3. The van der Waals surface area contributed by atoms with Gasteiger partial charge in [0.05, 0.1) is 5.52 Å². The molecule has 20 heavy (non-hydrogen) atoms. The number of hydrogen-bond donors (Lipinski definition) is 2. The van der Waals surface area contributed by atoms with Gasteiger partial charge in [-0.25, -0.2) is 4.79 Å². The van der Waals surface area contributed by atoms with E-state index in [4.69, 9.17) is 0 Å². The number of benzene rings is 1. The number of aromatic amines is 1. The maximum Gasteiger partial charge on any atom is 0.347 e. The van der Waals surface area contributed by atoms with Crippen molar-refractivity contribution in [3.05, 3.63) is 34.7 Å². The molecular formula is C16H21N3O. The molecule has 0 unspecified atom stereocenters. The second kappa shape index (κ2) is 6.07. The summed E-state index contributed by atoms with van der Waals surface area (Å²) in [7, 11) is 0. The van der Waals surface area contributed by atoms with Gasteiger partial charge in [-0.3, -0.25) is 0 Å². The summed E-state index contributed by atoms with van der Waals surface area (Å²) in [5.74, 6) is 0.731. The van der Waals surface area contributed by atoms with Crippen LogP contribution < -0.4 is 11.0 Å². The lowest BCUT2D eigenvalue weighted by Crippen LogP contribution is -2.23. The summed E-state index contributed by atoms with van der Waals surface area (Å²) in [6.07, 6.45) is 8.87. The van der Waals surface area contributed by atoms with Crippen molar-refractivity contribution in [2.75, 3.05) is 5.32 Å². The van der Waals surface area contributed by atoms with E-state index in [1.165, 1.54) is 44.9 Å². The first-order valence-corrected chi connectivity index (χ1v) is 7.58. The summed E-state index contributed by atoms with van der Waals surface area (Å²) in [5, 5.41) is 4.50. The van der Waals surface area contributed by atoms with Crippen molar-refractivity contribution in [3.8, 4) is 0 Å². The fraction of sp³-hybridized carbons (Fsp3) is 0.500. The molecule has 1 aliphatic rings. The average Bonchev–Trinajstić information content (AvgIpc) is 2.41. The van der Waals surface area contributed by atoms with Crippen molar-refractivity contribution in [2.45, 2.75) is 51.0 Å². The molecule has 1 saturated carbocycles. The molecule has 0 atom stereocenters. The van der Waals surface area contributed by atoms with Gasteiger partial charge >= 0.3 is 5.69 Å². The second-order valence-corrected chi connectivity index (χ2v) is 5.62. The van der Waals surface area contributed by atoms with Gasteiger partial charge in [-0.15, -0.1) is 0 Å². The van der Waals surface area contributed by atoms with Gasteiger partial charge in [0.2, 0.25) is 0 Å². The number of H-pyrrole nitrogens is 1. The highest BCUT2D eigenvalue weighted by Gasteiger charge is 2.13. The second-order valence-electron chi connectivity index (χ2n) is 5.62. The fourth-order valence-corrected chi connectivity index (χ4v) is 3.01. The maximum absolute atomic E-state index is 11.7. The Kier molecular flexibility index (Phi) is 4.00. The SMILES string of the molecule is O=c1nc(NC2CCCCCCC2)c2ccccc2[nH]1. The van der Waals surface area contributed by atoms with E-state index in [0.29, 0.717) is 6.04 Å². The zero-order valence-corrected chi connectivity index (χ0v) is 11.7. The molecule has 1 aromatic carbocycles. The van der Waals surface area contributed by atoms with Gasteiger partial charge < -0.3 is 10.3 Å². The number of rotatable bonds is 2. The lowest BCUT2D eigenvalue weighted by atomic mass is 9.96. The molecule has 0 spiro atoms. The number of nitrogens with zero attached hydrogens (tertiary/aromatic N) is 1. The minimum Gasteiger partial charge on any atom is -0.367 e. The van der Waals surface area contributed by atoms with Crippen LogP contribution in [0.1, 0.15) is 44.9 Å². The summed E-state index contributed by atoms with van der Waals surface area (Å²) < 4.78 is 0. The molecule has 3 rings (SSSR count). The maximum atomic E-state index is 11.7. The van der Waals surface area contributed by atoms with Crippen LogP contribution in [-0.4, -0.2) is 16.0 Å². The van der Waals surface area contributed by atoms with Gasteiger partial charge in [0.15, 0.2) is 0 Å². The van der Waals surface area contributed by atoms with Crippen LogP contribution in [0.4, 0.5) is 5.82 Å². The van der Waals surface area contributed by atoms with E-state index in [1.807, 2.05) is 24.3 Å². The third-order valence-electron chi connectivity index (χ3n) is 4.08. The zero-order valence-electron chi connectivity index (χ0n) is 11.7. The number of fused-ring (bicyclic) bond motifs is 1. The van der Waals surface area contributed by atoms with Crippen LogP contribution in [0.15, 0.2) is 29.1 Å². The monoisotopic (exact) mass is 271 g/mol. The van der Waals surface area contributed by atoms with Crippen molar-refractivity contribution in [1.82, 2.24) is 9.97 Å². The fourth-order valence-electron chi connectivity index (χ4n) is 3.01. The third-order valence-corrected chi connectivity index (χ3v) is 4.08. The molecule has 4 nitrogen and oxygen atoms in total. The van der Waals surface area contributed by atoms with Crippen molar-refractivity contribution in [3.63, 3.8) is 0 Å². The lowest BCUT2D eigenvalue weighted by Gasteiger charge is -2.22. The first kappa shape index (κ1) is 13.2. The van der Waals surface area contributed by atoms with Crippen molar-refractivity contribution >= 4 is 16.7 Å². The van der Waals surface area contributed by atoms with Gasteiger partial charge in [0.25, 0.3) is 0 Å². The quantitative estimate of drug-likeness (QED) is 0.879. The van der Waals surface area contributed by atoms with Crippen LogP contribution in [0.2, 0.25) is 0 Å². The Balaban J connectivity index is 1.87. The number of nitrogens with one attached hydrogen (secondary N) is 2. The van der Waals surface area contributed by atoms with Gasteiger partial charge in [-0.1, -0.05) is 44.2 Å². The smallest absolute Gasteiger partial charge is 0.347 e. The van der Waals surface area contributed by atoms with E-state index in [9.17, 15) is 4.79 Å². The van der Waals surface area contributed by atoms with Crippen LogP contribution in [0, 0.1) is 0 Å². The summed E-state index contributed by atoms with van der Waals surface area (Å²) in [6.45, 7) is 0. The predicted octanol–water partition coefficient (Wildman–Crippen LogP) is 3.45. The summed E-state index contributed by atoms with van der Waals surface area (Å²) in [6, 6.07) is 8.27. The molecule has 0 bridgehead atoms. The van der Waals surface area contributed by atoms with E-state index < -0.39 is 0 Å². The van der Waals surface area contributed by atoms with Gasteiger partial charge in [0.1, 0.15) is 5.82 Å². The largest absolute Gasteiger partial charge is 0.367 e. The zero-order chi connectivity index (χ0) is 13.8. The Morgan fingerprint density at radius 1 is 1.05 bits per heavy atom. The molecule has 0 radical (unpaired) electrons. The Morgan fingerprint density at radius 3 is 2.55 bits per heavy atom. The normalized spacial score (nSPS) is 17.6. The van der Waals surface area contributed by atoms with Crippen molar-refractivity contribution in [2.24, 2.45) is 0 Å². The summed E-state index contributed by atoms with van der Waals surface area (Å²) in [4.78, 5) is 18.6. The summed E-state index contributed by atoms with van der Waals surface area (Å²) in [5.41, 5.74) is 0.567. The minimum absolute atomic E-state index is 0.281. The molecule has 4 heteroatoms. The number of anilines is 1. The van der Waals surface area contributed by atoms with Gasteiger partial charge in [-0.05, 0) is 25.0 Å². The van der Waals surface area contributed by atoms with Crippen LogP contribution in [0.3, 0.4) is 0 Å². The summed E-state index contributed by atoms with van der Waals surface area (Å²) >= 11 is 0. The molecule has 1 fully saturated rings. The topological polar surface area (TPSA) is 57.8 Å². The third kappa shape index (κ3) is 3.00. The predicted molar refractivity (Wildman–Crippen MR) is 82.1 cm³/mol. The van der Waals surface area contributed by atoms with Crippen molar-refractivity contribution in [1.29, 1.82) is 0 Å². The Hall–Kier alpha value is -1.84. The van der Waals surface area contributed by atoms with E-state index in [-0.39, 0.29) is 5.69 Å². The van der Waals surface area contributed by atoms with E-state index in [2.05, 4.69) is 15.3 Å². The number of para-hydroxylation sites is 1. The van der Waals surface area contributed by atoms with Crippen LogP contribution in [0.25, 0.3) is 10.9 Å². The first-order chi connectivity index (χ1) is 9.83. The van der Waals surface area contributed by atoms with Crippen LogP contribution in [-0.2, 0) is 0 Å². The molecule has 1 aromatic heterocycles. The highest BCUT2D eigenvalue weighted by atomic mass is 16.1. The molecule has 2 aromatic rings. The molecule has 106 valence electrons. The highest BCUT2D eigenvalue weighted by molar-refractivity contribution is 5.88. The van der Waals surface area contributed by atoms with E-state index in [0.717, 1.165) is 16.7 Å². The van der Waals surface area contributed by atoms with E-state index in [1.54, 1.807) is 0 Å². The van der Waals surface area contributed by atoms with E-state index >= 15 is 0 Å². The molecule has 0 aliphatic heterocycles. The highest BCUT2D eigenvalue weighted by Crippen LogP contribution is 2.23. The molecule has 0 amide bonds. The standard InChI is InChI=1S/C16H21N3O/c20-16-18-14-11-7-6-10-13(14)15(19-16)17-12-8-4-2-1-3-5-9-12/h6-7,10-12H,1-5,8-9H2,(H2,17,18,19,20). The van der Waals surface area contributed by atoms with Crippen LogP contribution in [0.5, 0.6) is 0 Å². The Labute approximate surface area is 118 Å². The van der Waals surface area contributed by atoms with Gasteiger partial charge in [0, 0.05) is 11.4 Å². The molecule has 1 heterocycles. The Bertz CT molecular complexity index is 627.